The summed E-state index contributed by atoms with van der Waals surface area (Å²) in [5, 5.41) is 7.69. The van der Waals surface area contributed by atoms with E-state index in [1.54, 1.807) is 0 Å². The normalized spacial score (nSPS) is 18.2. The second-order valence-corrected chi connectivity index (χ2v) is 6.24. The molecule has 2 aromatic rings. The van der Waals surface area contributed by atoms with Crippen LogP contribution in [0.2, 0.25) is 5.02 Å². The molecule has 5 heteroatoms. The quantitative estimate of drug-likeness (QED) is 0.908. The van der Waals surface area contributed by atoms with Gasteiger partial charge in [-0.05, 0) is 45.4 Å². The van der Waals surface area contributed by atoms with Gasteiger partial charge < -0.3 is 10.6 Å². The first-order valence-electron chi connectivity index (χ1n) is 7.72. The Bertz CT molecular complexity index is 666. The van der Waals surface area contributed by atoms with Gasteiger partial charge in [0, 0.05) is 34.4 Å². The zero-order valence-electron chi connectivity index (χ0n) is 13.0. The van der Waals surface area contributed by atoms with Crippen LogP contribution in [0.25, 0.3) is 11.4 Å². The minimum Gasteiger partial charge on any atom is -0.366 e. The van der Waals surface area contributed by atoms with Crippen molar-refractivity contribution >= 4 is 17.4 Å². The summed E-state index contributed by atoms with van der Waals surface area (Å²) in [6.07, 6.45) is 2.36. The number of hydrogen-bond donors (Lipinski definition) is 2. The number of hydrogen-bond acceptors (Lipinski definition) is 4. The lowest BCUT2D eigenvalue weighted by atomic mass is 10.1. The molecule has 1 fully saturated rings. The Morgan fingerprint density at radius 3 is 2.86 bits per heavy atom. The van der Waals surface area contributed by atoms with Crippen molar-refractivity contribution in [1.29, 1.82) is 0 Å². The van der Waals surface area contributed by atoms with E-state index in [0.29, 0.717) is 11.1 Å². The van der Waals surface area contributed by atoms with Crippen LogP contribution in [0.1, 0.15) is 24.1 Å². The first-order valence-corrected chi connectivity index (χ1v) is 8.10. The van der Waals surface area contributed by atoms with Crippen molar-refractivity contribution in [1.82, 2.24) is 15.3 Å². The second-order valence-electron chi connectivity index (χ2n) is 5.80. The van der Waals surface area contributed by atoms with Crippen LogP contribution in [0.5, 0.6) is 0 Å². The minimum atomic E-state index is 0.425. The fourth-order valence-electron chi connectivity index (χ4n) is 2.69. The maximum Gasteiger partial charge on any atom is 0.161 e. The van der Waals surface area contributed by atoms with Crippen LogP contribution in [-0.4, -0.2) is 29.1 Å². The van der Waals surface area contributed by atoms with Crippen molar-refractivity contribution in [3.05, 3.63) is 40.5 Å². The van der Waals surface area contributed by atoms with Crippen LogP contribution in [-0.2, 0) is 0 Å². The van der Waals surface area contributed by atoms with Crippen molar-refractivity contribution in [2.75, 3.05) is 18.4 Å². The fraction of sp³-hybridized carbons (Fsp3) is 0.412. The van der Waals surface area contributed by atoms with E-state index in [0.717, 1.165) is 41.6 Å². The Hall–Kier alpha value is -1.65. The topological polar surface area (TPSA) is 49.8 Å². The smallest absolute Gasteiger partial charge is 0.161 e. The number of anilines is 1. The predicted molar refractivity (Wildman–Crippen MR) is 91.5 cm³/mol. The molecular formula is C17H21ClN4. The van der Waals surface area contributed by atoms with E-state index >= 15 is 0 Å². The zero-order valence-corrected chi connectivity index (χ0v) is 13.7. The van der Waals surface area contributed by atoms with E-state index in [-0.39, 0.29) is 0 Å². The summed E-state index contributed by atoms with van der Waals surface area (Å²) in [5.41, 5.74) is 3.05. The Morgan fingerprint density at radius 2 is 2.14 bits per heavy atom. The number of rotatable bonds is 3. The highest BCUT2D eigenvalue weighted by atomic mass is 35.5. The third-order valence-electron chi connectivity index (χ3n) is 4.11. The lowest BCUT2D eigenvalue weighted by molar-refractivity contribution is 0.478. The average Bonchev–Trinajstić information content (AvgIpc) is 2.52. The molecule has 0 saturated carbocycles. The monoisotopic (exact) mass is 316 g/mol. The highest BCUT2D eigenvalue weighted by molar-refractivity contribution is 6.30. The van der Waals surface area contributed by atoms with E-state index in [9.17, 15) is 0 Å². The lowest BCUT2D eigenvalue weighted by Crippen LogP contribution is -2.38. The van der Waals surface area contributed by atoms with Crippen molar-refractivity contribution in [2.24, 2.45) is 0 Å². The Balaban J connectivity index is 1.92. The van der Waals surface area contributed by atoms with Gasteiger partial charge in [-0.2, -0.15) is 0 Å². The van der Waals surface area contributed by atoms with Crippen LogP contribution < -0.4 is 10.6 Å². The molecule has 1 aromatic heterocycles. The molecule has 2 N–H and O–H groups in total. The largest absolute Gasteiger partial charge is 0.366 e. The molecule has 4 nitrogen and oxygen atoms in total. The van der Waals surface area contributed by atoms with Gasteiger partial charge in [0.15, 0.2) is 5.82 Å². The van der Waals surface area contributed by atoms with Crippen LogP contribution in [0.15, 0.2) is 24.3 Å². The summed E-state index contributed by atoms with van der Waals surface area (Å²) < 4.78 is 0. The third kappa shape index (κ3) is 3.39. The van der Waals surface area contributed by atoms with Gasteiger partial charge >= 0.3 is 0 Å². The minimum absolute atomic E-state index is 0.425. The molecule has 0 amide bonds. The van der Waals surface area contributed by atoms with E-state index in [4.69, 9.17) is 16.6 Å². The highest BCUT2D eigenvalue weighted by Gasteiger charge is 2.16. The molecule has 1 aliphatic rings. The Kier molecular flexibility index (Phi) is 4.60. The van der Waals surface area contributed by atoms with Crippen molar-refractivity contribution in [3.63, 3.8) is 0 Å². The predicted octanol–water partition coefficient (Wildman–Crippen LogP) is 3.58. The molecule has 0 radical (unpaired) electrons. The van der Waals surface area contributed by atoms with Gasteiger partial charge in [0.2, 0.25) is 0 Å². The number of aryl methyl sites for hydroxylation is 1. The molecule has 116 valence electrons. The van der Waals surface area contributed by atoms with Gasteiger partial charge in [-0.25, -0.2) is 9.97 Å². The maximum absolute atomic E-state index is 6.08. The van der Waals surface area contributed by atoms with Crippen LogP contribution in [0.4, 0.5) is 5.82 Å². The second kappa shape index (κ2) is 6.63. The summed E-state index contributed by atoms with van der Waals surface area (Å²) in [6, 6.07) is 8.10. The SMILES string of the molecule is Cc1nc(-c2cccc(Cl)c2)nc(NC2CCCNC2)c1C. The molecule has 0 spiro atoms. The maximum atomic E-state index is 6.08. The number of halogens is 1. The van der Waals surface area contributed by atoms with Gasteiger partial charge in [-0.3, -0.25) is 0 Å². The van der Waals surface area contributed by atoms with Crippen molar-refractivity contribution in [3.8, 4) is 11.4 Å². The number of nitrogens with zero attached hydrogens (tertiary/aromatic N) is 2. The van der Waals surface area contributed by atoms with Gasteiger partial charge in [0.25, 0.3) is 0 Å². The molecule has 1 unspecified atom stereocenters. The summed E-state index contributed by atoms with van der Waals surface area (Å²) >= 11 is 6.08. The first-order chi connectivity index (χ1) is 10.6. The number of piperidine rings is 1. The summed E-state index contributed by atoms with van der Waals surface area (Å²) in [5.74, 6) is 1.65. The number of benzene rings is 1. The molecule has 1 aliphatic heterocycles. The molecule has 2 heterocycles. The van der Waals surface area contributed by atoms with Crippen molar-refractivity contribution in [2.45, 2.75) is 32.7 Å². The first kappa shape index (κ1) is 15.3. The van der Waals surface area contributed by atoms with E-state index in [1.807, 2.05) is 31.2 Å². The molecule has 22 heavy (non-hydrogen) atoms. The summed E-state index contributed by atoms with van der Waals surface area (Å²) in [7, 11) is 0. The summed E-state index contributed by atoms with van der Waals surface area (Å²) in [4.78, 5) is 9.34. The molecule has 0 aliphatic carbocycles. The molecule has 1 aromatic carbocycles. The van der Waals surface area contributed by atoms with E-state index in [1.165, 1.54) is 12.8 Å². The van der Waals surface area contributed by atoms with Crippen LogP contribution >= 0.6 is 11.6 Å². The number of nitrogens with one attached hydrogen (secondary N) is 2. The standard InChI is InChI=1S/C17H21ClN4/c1-11-12(2)20-17(13-5-3-6-14(18)9-13)22-16(11)21-15-7-4-8-19-10-15/h3,5-6,9,15,19H,4,7-8,10H2,1-2H3,(H,20,21,22). The van der Waals surface area contributed by atoms with Crippen LogP contribution in [0.3, 0.4) is 0 Å². The highest BCUT2D eigenvalue weighted by Crippen LogP contribution is 2.24. The summed E-state index contributed by atoms with van der Waals surface area (Å²) in [6.45, 7) is 6.17. The van der Waals surface area contributed by atoms with Gasteiger partial charge in [-0.15, -0.1) is 0 Å². The fourth-order valence-corrected chi connectivity index (χ4v) is 2.88. The molecule has 0 bridgehead atoms. The van der Waals surface area contributed by atoms with Gasteiger partial charge in [-0.1, -0.05) is 23.7 Å². The molecule has 1 atom stereocenters. The van der Waals surface area contributed by atoms with Crippen molar-refractivity contribution < 1.29 is 0 Å². The van der Waals surface area contributed by atoms with E-state index < -0.39 is 0 Å². The third-order valence-corrected chi connectivity index (χ3v) is 4.34. The van der Waals surface area contributed by atoms with Gasteiger partial charge in [0.1, 0.15) is 5.82 Å². The van der Waals surface area contributed by atoms with Gasteiger partial charge in [0.05, 0.1) is 0 Å². The zero-order chi connectivity index (χ0) is 15.5. The average molecular weight is 317 g/mol. The lowest BCUT2D eigenvalue weighted by Gasteiger charge is -2.25. The Morgan fingerprint density at radius 1 is 1.27 bits per heavy atom. The Labute approximate surface area is 136 Å². The molecule has 3 rings (SSSR count). The van der Waals surface area contributed by atoms with E-state index in [2.05, 4.69) is 22.5 Å². The van der Waals surface area contributed by atoms with Crippen LogP contribution in [0, 0.1) is 13.8 Å². The molecular weight excluding hydrogens is 296 g/mol. The molecule has 1 saturated heterocycles. The number of aromatic nitrogens is 2.